The Kier molecular flexibility index (Phi) is 16.6. The molecule has 1 saturated heterocycles. The number of carbonyl (C=O) groups is 1. The molecule has 3 heterocycles. The molecule has 2 aliphatic rings. The van der Waals surface area contributed by atoms with Gasteiger partial charge >= 0.3 is 5.97 Å². The number of amidine groups is 1. The van der Waals surface area contributed by atoms with E-state index in [1.54, 1.807) is 11.3 Å². The molecule has 0 amide bonds. The molecule has 2 aliphatic heterocycles. The van der Waals surface area contributed by atoms with Crippen molar-refractivity contribution < 1.29 is 14.0 Å². The van der Waals surface area contributed by atoms with Gasteiger partial charge in [-0.2, -0.15) is 0 Å². The summed E-state index contributed by atoms with van der Waals surface area (Å²) in [6, 6.07) is 10.5. The van der Waals surface area contributed by atoms with Gasteiger partial charge in [-0.25, -0.2) is 4.99 Å². The molecule has 1 aromatic heterocycles. The second-order valence-corrected chi connectivity index (χ2v) is 15.7. The standard InChI is InChI=1S/C40H65N4O2S/c1-4-5-6-7-8-9-10-11-12-13-14-15-16-17-18-19-20-21-22-27-38(45)46-33-44(3)30-28-43(29-31-44)39-35-32-34(2)47-40(35)42-37-26-24-23-25-36(37)41-39/h23-26,32,42H,4-22,27-31,33H2,1-3H3/q+1. The van der Waals surface area contributed by atoms with Crippen molar-refractivity contribution in [1.29, 1.82) is 0 Å². The number of benzene rings is 1. The van der Waals surface area contributed by atoms with E-state index >= 15 is 0 Å². The number of nitrogens with one attached hydrogen (secondary N) is 1. The SMILES string of the molecule is CCCCCCCCCCCCCCCCCCCCCC(=O)OC[N+]1(C)CCN(C2=Nc3ccccc3Nc3sc(C)cc32)CC1. The number of unbranched alkanes of at least 4 members (excludes halogenated alkanes) is 18. The zero-order chi connectivity index (χ0) is 33.2. The predicted octanol–water partition coefficient (Wildman–Crippen LogP) is 11.3. The molecule has 1 aromatic carbocycles. The third-order valence-corrected chi connectivity index (χ3v) is 11.1. The lowest BCUT2D eigenvalue weighted by molar-refractivity contribution is -0.929. The molecule has 262 valence electrons. The number of rotatable bonds is 22. The van der Waals surface area contributed by atoms with Gasteiger partial charge in [-0.1, -0.05) is 135 Å². The number of hydrogen-bond acceptors (Lipinski definition) is 6. The number of thiophene rings is 1. The Bertz CT molecular complexity index is 1220. The summed E-state index contributed by atoms with van der Waals surface area (Å²) in [7, 11) is 2.22. The average molecular weight is 666 g/mol. The Balaban J connectivity index is 0.996. The lowest BCUT2D eigenvalue weighted by Crippen LogP contribution is -2.59. The van der Waals surface area contributed by atoms with Crippen LogP contribution in [0.1, 0.15) is 146 Å². The van der Waals surface area contributed by atoms with E-state index in [0.717, 1.165) is 65.7 Å². The highest BCUT2D eigenvalue weighted by Gasteiger charge is 2.33. The maximum absolute atomic E-state index is 12.5. The second-order valence-electron chi connectivity index (χ2n) is 14.5. The highest BCUT2D eigenvalue weighted by atomic mass is 32.1. The molecule has 0 spiro atoms. The number of nitrogens with zero attached hydrogens (tertiary/aromatic N) is 3. The lowest BCUT2D eigenvalue weighted by Gasteiger charge is -2.42. The lowest BCUT2D eigenvalue weighted by atomic mass is 10.0. The molecule has 0 aliphatic carbocycles. The van der Waals surface area contributed by atoms with Gasteiger partial charge in [0.25, 0.3) is 0 Å². The molecule has 0 unspecified atom stereocenters. The van der Waals surface area contributed by atoms with Crippen molar-refractivity contribution in [2.75, 3.05) is 45.3 Å². The van der Waals surface area contributed by atoms with Crippen LogP contribution in [-0.4, -0.2) is 61.1 Å². The molecule has 0 atom stereocenters. The molecule has 0 bridgehead atoms. The Morgan fingerprint density at radius 1 is 0.830 bits per heavy atom. The van der Waals surface area contributed by atoms with Gasteiger partial charge in [0.1, 0.15) is 10.8 Å². The largest absolute Gasteiger partial charge is 0.415 e. The van der Waals surface area contributed by atoms with Crippen LogP contribution in [0.3, 0.4) is 0 Å². The van der Waals surface area contributed by atoms with E-state index in [4.69, 9.17) is 9.73 Å². The number of hydrogen-bond donors (Lipinski definition) is 1. The summed E-state index contributed by atoms with van der Waals surface area (Å²) in [6.07, 6.45) is 26.5. The summed E-state index contributed by atoms with van der Waals surface area (Å²) in [5.74, 6) is 1.02. The predicted molar refractivity (Wildman–Crippen MR) is 201 cm³/mol. The van der Waals surface area contributed by atoms with Crippen LogP contribution in [0.25, 0.3) is 0 Å². The van der Waals surface area contributed by atoms with Gasteiger partial charge < -0.3 is 15.0 Å². The third kappa shape index (κ3) is 13.2. The molecule has 7 heteroatoms. The van der Waals surface area contributed by atoms with Gasteiger partial charge in [0.2, 0.25) is 6.73 Å². The highest BCUT2D eigenvalue weighted by molar-refractivity contribution is 7.16. The van der Waals surface area contributed by atoms with E-state index in [2.05, 4.69) is 55.4 Å². The molecule has 1 fully saturated rings. The Morgan fingerprint density at radius 3 is 1.94 bits per heavy atom. The molecule has 6 nitrogen and oxygen atoms in total. The van der Waals surface area contributed by atoms with E-state index < -0.39 is 0 Å². The Labute approximate surface area is 291 Å². The first-order valence-corrected chi connectivity index (χ1v) is 20.1. The van der Waals surface area contributed by atoms with E-state index in [-0.39, 0.29) is 5.97 Å². The molecule has 1 N–H and O–H groups in total. The number of carbonyl (C=O) groups excluding carboxylic acids is 1. The van der Waals surface area contributed by atoms with E-state index in [0.29, 0.717) is 13.2 Å². The summed E-state index contributed by atoms with van der Waals surface area (Å²) < 4.78 is 6.57. The smallest absolute Gasteiger partial charge is 0.310 e. The highest BCUT2D eigenvalue weighted by Crippen LogP contribution is 2.39. The van der Waals surface area contributed by atoms with Crippen LogP contribution < -0.4 is 5.32 Å². The number of aryl methyl sites for hydroxylation is 1. The van der Waals surface area contributed by atoms with Crippen molar-refractivity contribution in [3.63, 3.8) is 0 Å². The van der Waals surface area contributed by atoms with Crippen molar-refractivity contribution in [3.05, 3.63) is 40.8 Å². The minimum Gasteiger partial charge on any atom is -0.415 e. The van der Waals surface area contributed by atoms with Crippen LogP contribution in [-0.2, 0) is 9.53 Å². The molecular formula is C40H65N4O2S+. The molecule has 4 rings (SSSR count). The number of anilines is 2. The number of para-hydroxylation sites is 2. The number of piperazine rings is 1. The van der Waals surface area contributed by atoms with Gasteiger partial charge in [-0.3, -0.25) is 9.28 Å². The van der Waals surface area contributed by atoms with Crippen LogP contribution in [0.4, 0.5) is 16.4 Å². The fourth-order valence-corrected chi connectivity index (χ4v) is 7.84. The normalized spacial score (nSPS) is 15.4. The quantitative estimate of drug-likeness (QED) is 0.0772. The van der Waals surface area contributed by atoms with Crippen LogP contribution in [0, 0.1) is 6.92 Å². The number of ether oxygens (including phenoxy) is 1. The number of quaternary nitrogens is 1. The first-order chi connectivity index (χ1) is 23.0. The van der Waals surface area contributed by atoms with Crippen LogP contribution in [0.2, 0.25) is 0 Å². The molecule has 47 heavy (non-hydrogen) atoms. The van der Waals surface area contributed by atoms with Gasteiger partial charge in [0.05, 0.1) is 50.2 Å². The summed E-state index contributed by atoms with van der Waals surface area (Å²) in [5, 5.41) is 4.77. The van der Waals surface area contributed by atoms with E-state index in [9.17, 15) is 4.79 Å². The number of fused-ring (bicyclic) bond motifs is 2. The Hall–Kier alpha value is -2.38. The summed E-state index contributed by atoms with van der Waals surface area (Å²) in [5.41, 5.74) is 3.22. The zero-order valence-electron chi connectivity index (χ0n) is 30.1. The van der Waals surface area contributed by atoms with Crippen LogP contribution in [0.15, 0.2) is 35.3 Å². The van der Waals surface area contributed by atoms with Gasteiger partial charge in [0.15, 0.2) is 0 Å². The fourth-order valence-electron chi connectivity index (χ4n) is 6.92. The minimum atomic E-state index is -0.0343. The van der Waals surface area contributed by atoms with E-state index in [1.807, 2.05) is 6.07 Å². The maximum Gasteiger partial charge on any atom is 0.310 e. The van der Waals surface area contributed by atoms with Crippen LogP contribution >= 0.6 is 11.3 Å². The molecular weight excluding hydrogens is 601 g/mol. The number of aliphatic imine (C=N–C) groups is 1. The van der Waals surface area contributed by atoms with Crippen LogP contribution in [0.5, 0.6) is 0 Å². The third-order valence-electron chi connectivity index (χ3n) is 10.1. The van der Waals surface area contributed by atoms with Crippen molar-refractivity contribution in [3.8, 4) is 0 Å². The second kappa shape index (κ2) is 20.9. The molecule has 0 saturated carbocycles. The topological polar surface area (TPSA) is 53.9 Å². The average Bonchev–Trinajstić information content (AvgIpc) is 3.36. The van der Waals surface area contributed by atoms with Crippen molar-refractivity contribution in [2.24, 2.45) is 4.99 Å². The monoisotopic (exact) mass is 665 g/mol. The zero-order valence-corrected chi connectivity index (χ0v) is 30.9. The molecule has 2 aromatic rings. The summed E-state index contributed by atoms with van der Waals surface area (Å²) in [6.45, 7) is 8.56. The van der Waals surface area contributed by atoms with Gasteiger partial charge in [0, 0.05) is 11.3 Å². The van der Waals surface area contributed by atoms with Gasteiger partial charge in [-0.15, -0.1) is 11.3 Å². The van der Waals surface area contributed by atoms with Gasteiger partial charge in [-0.05, 0) is 31.5 Å². The Morgan fingerprint density at radius 2 is 1.36 bits per heavy atom. The first-order valence-electron chi connectivity index (χ1n) is 19.3. The van der Waals surface area contributed by atoms with Crippen molar-refractivity contribution in [2.45, 2.75) is 142 Å². The van der Waals surface area contributed by atoms with Crippen molar-refractivity contribution in [1.82, 2.24) is 4.90 Å². The number of esters is 1. The summed E-state index contributed by atoms with van der Waals surface area (Å²) in [4.78, 5) is 21.4. The van der Waals surface area contributed by atoms with Crippen molar-refractivity contribution >= 4 is 39.5 Å². The molecule has 0 radical (unpaired) electrons. The minimum absolute atomic E-state index is 0.0343. The van der Waals surface area contributed by atoms with E-state index in [1.165, 1.54) is 120 Å². The summed E-state index contributed by atoms with van der Waals surface area (Å²) >= 11 is 1.79. The number of likely N-dealkylation sites (N-methyl/N-ethyl adjacent to an activating group) is 1. The maximum atomic E-state index is 12.5. The fraction of sp³-hybridized carbons (Fsp3) is 0.700. The first kappa shape index (κ1) is 37.4.